The Balaban J connectivity index is 1.49. The minimum atomic E-state index is 0.0564. The minimum Gasteiger partial charge on any atom is -0.380 e. The lowest BCUT2D eigenvalue weighted by Crippen LogP contribution is -2.57. The second-order valence-corrected chi connectivity index (χ2v) is 10.2. The van der Waals surface area contributed by atoms with Crippen LogP contribution in [-0.4, -0.2) is 41.9 Å². The zero-order chi connectivity index (χ0) is 20.1. The van der Waals surface area contributed by atoms with Crippen LogP contribution in [0.4, 0.5) is 11.5 Å². The van der Waals surface area contributed by atoms with Crippen molar-refractivity contribution in [2.24, 2.45) is 23.5 Å². The first-order chi connectivity index (χ1) is 13.2. The van der Waals surface area contributed by atoms with E-state index >= 15 is 0 Å². The van der Waals surface area contributed by atoms with Gasteiger partial charge in [0, 0.05) is 24.7 Å². The van der Waals surface area contributed by atoms with Crippen LogP contribution in [0.25, 0.3) is 0 Å². The van der Waals surface area contributed by atoms with Crippen LogP contribution in [0, 0.1) is 24.7 Å². The number of nitrogens with one attached hydrogen (secondary N) is 1. The van der Waals surface area contributed by atoms with Crippen molar-refractivity contribution < 1.29 is 4.74 Å². The van der Waals surface area contributed by atoms with E-state index in [1.165, 1.54) is 18.5 Å². The number of hydrogen-bond donors (Lipinski definition) is 2. The number of morpholine rings is 1. The summed E-state index contributed by atoms with van der Waals surface area (Å²) in [6.45, 7) is 13.0. The molecule has 2 bridgehead atoms. The molecule has 2 aliphatic carbocycles. The standard InChI is InChI=1S/C23H38N4O/c1-14-8-19-11-23(24,9-14)10-15(2)22(19)26-20-6-7-21(25-18(20)5)27-12-16(3)28-17(4)13-27/h6-7,14-17,19,22,26H,8-13,24H2,1-5H3. The molecule has 1 aromatic heterocycles. The Morgan fingerprint density at radius 3 is 2.50 bits per heavy atom. The van der Waals surface area contributed by atoms with E-state index in [1.54, 1.807) is 0 Å². The van der Waals surface area contributed by atoms with Crippen molar-refractivity contribution in [3.63, 3.8) is 0 Å². The summed E-state index contributed by atoms with van der Waals surface area (Å²) in [6, 6.07) is 4.89. The summed E-state index contributed by atoms with van der Waals surface area (Å²) in [5.74, 6) is 3.05. The average molecular weight is 387 g/mol. The molecule has 0 spiro atoms. The molecule has 0 amide bonds. The smallest absolute Gasteiger partial charge is 0.129 e. The van der Waals surface area contributed by atoms with Gasteiger partial charge in [0.05, 0.1) is 23.6 Å². The van der Waals surface area contributed by atoms with Crippen LogP contribution >= 0.6 is 0 Å². The van der Waals surface area contributed by atoms with Crippen molar-refractivity contribution in [2.75, 3.05) is 23.3 Å². The van der Waals surface area contributed by atoms with E-state index in [1.807, 2.05) is 0 Å². The summed E-state index contributed by atoms with van der Waals surface area (Å²) >= 11 is 0. The summed E-state index contributed by atoms with van der Waals surface area (Å²) in [6.07, 6.45) is 5.25. The molecule has 1 aliphatic heterocycles. The van der Waals surface area contributed by atoms with Crippen molar-refractivity contribution in [3.05, 3.63) is 17.8 Å². The predicted molar refractivity (Wildman–Crippen MR) is 116 cm³/mol. The topological polar surface area (TPSA) is 63.4 Å². The molecule has 0 aromatic carbocycles. The highest BCUT2D eigenvalue weighted by Gasteiger charge is 2.46. The minimum absolute atomic E-state index is 0.0564. The predicted octanol–water partition coefficient (Wildman–Crippen LogP) is 3.96. The van der Waals surface area contributed by atoms with Gasteiger partial charge in [-0.15, -0.1) is 0 Å². The number of anilines is 2. The first-order valence-corrected chi connectivity index (χ1v) is 11.2. The fraction of sp³-hybridized carbons (Fsp3) is 0.783. The van der Waals surface area contributed by atoms with Gasteiger partial charge >= 0.3 is 0 Å². The van der Waals surface area contributed by atoms with E-state index in [9.17, 15) is 0 Å². The van der Waals surface area contributed by atoms with Crippen LogP contribution in [0.3, 0.4) is 0 Å². The van der Waals surface area contributed by atoms with Crippen LogP contribution in [0.2, 0.25) is 0 Å². The molecule has 4 rings (SSSR count). The number of rotatable bonds is 3. The number of ether oxygens (including phenoxy) is 1. The Bertz CT molecular complexity index is 696. The molecule has 28 heavy (non-hydrogen) atoms. The maximum absolute atomic E-state index is 6.74. The lowest BCUT2D eigenvalue weighted by molar-refractivity contribution is -0.00546. The maximum Gasteiger partial charge on any atom is 0.129 e. The quantitative estimate of drug-likeness (QED) is 0.823. The molecule has 7 unspecified atom stereocenters. The van der Waals surface area contributed by atoms with Crippen molar-refractivity contribution in [1.82, 2.24) is 4.98 Å². The monoisotopic (exact) mass is 386 g/mol. The van der Waals surface area contributed by atoms with Gasteiger partial charge in [0.25, 0.3) is 0 Å². The molecule has 1 aromatic rings. The Labute approximate surface area is 170 Å². The Kier molecular flexibility index (Phi) is 5.34. The second kappa shape index (κ2) is 7.49. The molecular weight excluding hydrogens is 348 g/mol. The van der Waals surface area contributed by atoms with Gasteiger partial charge in [0.15, 0.2) is 0 Å². The van der Waals surface area contributed by atoms with E-state index in [-0.39, 0.29) is 17.7 Å². The molecule has 3 N–H and O–H groups in total. The number of nitrogens with zero attached hydrogens (tertiary/aromatic N) is 2. The molecule has 0 radical (unpaired) electrons. The summed E-state index contributed by atoms with van der Waals surface area (Å²) < 4.78 is 5.87. The Hall–Kier alpha value is -1.33. The Morgan fingerprint density at radius 1 is 1.11 bits per heavy atom. The van der Waals surface area contributed by atoms with Crippen LogP contribution in [0.15, 0.2) is 12.1 Å². The molecule has 3 aliphatic rings. The molecule has 7 atom stereocenters. The van der Waals surface area contributed by atoms with Crippen LogP contribution in [0.5, 0.6) is 0 Å². The summed E-state index contributed by atoms with van der Waals surface area (Å²) in [7, 11) is 0. The van der Waals surface area contributed by atoms with Gasteiger partial charge in [0.1, 0.15) is 5.82 Å². The third-order valence-electron chi connectivity index (χ3n) is 7.12. The molecule has 5 heteroatoms. The van der Waals surface area contributed by atoms with Gasteiger partial charge in [-0.1, -0.05) is 13.8 Å². The van der Waals surface area contributed by atoms with Gasteiger partial charge in [0.2, 0.25) is 0 Å². The number of pyridine rings is 1. The van der Waals surface area contributed by atoms with Gasteiger partial charge < -0.3 is 20.7 Å². The SMILES string of the molecule is Cc1nc(N2CC(C)OC(C)C2)ccc1NC1C(C)CC2(N)CC(C)CC1C2. The van der Waals surface area contributed by atoms with Crippen molar-refractivity contribution >= 4 is 11.5 Å². The number of aryl methyl sites for hydroxylation is 1. The highest BCUT2D eigenvalue weighted by atomic mass is 16.5. The third-order valence-corrected chi connectivity index (χ3v) is 7.12. The van der Waals surface area contributed by atoms with Gasteiger partial charge in [-0.05, 0) is 76.3 Å². The lowest BCUT2D eigenvalue weighted by atomic mass is 9.59. The van der Waals surface area contributed by atoms with E-state index in [0.717, 1.165) is 43.4 Å². The normalized spacial score (nSPS) is 41.0. The molecule has 156 valence electrons. The molecule has 5 nitrogen and oxygen atoms in total. The van der Waals surface area contributed by atoms with E-state index in [0.29, 0.717) is 17.9 Å². The first kappa shape index (κ1) is 20.0. The highest BCUT2D eigenvalue weighted by Crippen LogP contribution is 2.47. The van der Waals surface area contributed by atoms with Gasteiger partial charge in [-0.3, -0.25) is 0 Å². The molecule has 2 saturated carbocycles. The van der Waals surface area contributed by atoms with Crippen molar-refractivity contribution in [2.45, 2.75) is 84.1 Å². The van der Waals surface area contributed by atoms with Crippen LogP contribution < -0.4 is 16.0 Å². The zero-order valence-electron chi connectivity index (χ0n) is 18.2. The summed E-state index contributed by atoms with van der Waals surface area (Å²) in [5, 5.41) is 3.88. The first-order valence-electron chi connectivity index (χ1n) is 11.2. The third kappa shape index (κ3) is 4.02. The van der Waals surface area contributed by atoms with E-state index in [4.69, 9.17) is 15.5 Å². The van der Waals surface area contributed by atoms with Crippen LogP contribution in [0.1, 0.15) is 59.1 Å². The lowest BCUT2D eigenvalue weighted by Gasteiger charge is -2.52. The summed E-state index contributed by atoms with van der Waals surface area (Å²) in [5.41, 5.74) is 9.06. The zero-order valence-corrected chi connectivity index (χ0v) is 18.2. The van der Waals surface area contributed by atoms with Gasteiger partial charge in [-0.25, -0.2) is 4.98 Å². The van der Waals surface area contributed by atoms with Crippen molar-refractivity contribution in [3.8, 4) is 0 Å². The van der Waals surface area contributed by atoms with E-state index < -0.39 is 0 Å². The molecular formula is C23H38N4O. The number of hydrogen-bond acceptors (Lipinski definition) is 5. The largest absolute Gasteiger partial charge is 0.380 e. The number of nitrogens with two attached hydrogens (primary N) is 1. The van der Waals surface area contributed by atoms with Crippen molar-refractivity contribution in [1.29, 1.82) is 0 Å². The summed E-state index contributed by atoms with van der Waals surface area (Å²) in [4.78, 5) is 7.30. The maximum atomic E-state index is 6.74. The van der Waals surface area contributed by atoms with Crippen LogP contribution in [-0.2, 0) is 4.74 Å². The van der Waals surface area contributed by atoms with E-state index in [2.05, 4.69) is 57.0 Å². The molecule has 2 heterocycles. The number of aromatic nitrogens is 1. The molecule has 1 saturated heterocycles. The number of fused-ring (bicyclic) bond motifs is 2. The average Bonchev–Trinajstić information content (AvgIpc) is 2.57. The molecule has 3 fully saturated rings. The second-order valence-electron chi connectivity index (χ2n) is 10.2. The highest BCUT2D eigenvalue weighted by molar-refractivity contribution is 5.54. The fourth-order valence-corrected chi connectivity index (χ4v) is 6.34. The Morgan fingerprint density at radius 2 is 1.82 bits per heavy atom. The fourth-order valence-electron chi connectivity index (χ4n) is 6.34. The van der Waals surface area contributed by atoms with Gasteiger partial charge in [-0.2, -0.15) is 0 Å².